The molecule has 3 rings (SSSR count). The van der Waals surface area contributed by atoms with E-state index in [1.54, 1.807) is 6.20 Å². The molecular weight excluding hydrogens is 354 g/mol. The fraction of sp³-hybridized carbons (Fsp3) is 0.273. The summed E-state index contributed by atoms with van der Waals surface area (Å²) in [5, 5.41) is 3.52. The first kappa shape index (κ1) is 19.5. The molecule has 146 valence electrons. The van der Waals surface area contributed by atoms with E-state index in [0.717, 1.165) is 23.1 Å². The van der Waals surface area contributed by atoms with Crippen LogP contribution >= 0.6 is 0 Å². The Labute approximate surface area is 164 Å². The topological polar surface area (TPSA) is 74.4 Å². The summed E-state index contributed by atoms with van der Waals surface area (Å²) in [5.41, 5.74) is 3.03. The van der Waals surface area contributed by atoms with Crippen LogP contribution in [0, 0.1) is 0 Å². The average molecular weight is 379 g/mol. The number of nitrogens with zero attached hydrogens (tertiary/aromatic N) is 1. The molecule has 1 heterocycles. The summed E-state index contributed by atoms with van der Waals surface area (Å²) in [7, 11) is 0. The van der Waals surface area contributed by atoms with E-state index in [4.69, 9.17) is 4.74 Å². The van der Waals surface area contributed by atoms with Gasteiger partial charge in [0, 0.05) is 41.1 Å². The Morgan fingerprint density at radius 2 is 1.82 bits per heavy atom. The molecule has 0 atom stereocenters. The van der Waals surface area contributed by atoms with Crippen LogP contribution in [0.25, 0.3) is 10.9 Å². The van der Waals surface area contributed by atoms with Crippen molar-refractivity contribution in [2.75, 3.05) is 23.4 Å². The smallest absolute Gasteiger partial charge is 0.340 e. The maximum atomic E-state index is 12.3. The molecule has 0 saturated heterocycles. The van der Waals surface area contributed by atoms with Gasteiger partial charge in [0.1, 0.15) is 0 Å². The maximum Gasteiger partial charge on any atom is 0.340 e. The molecule has 0 aliphatic rings. The maximum absolute atomic E-state index is 12.3. The second-order valence-electron chi connectivity index (χ2n) is 6.80. The monoisotopic (exact) mass is 379 g/mol. The largest absolute Gasteiger partial charge is 0.452 e. The van der Waals surface area contributed by atoms with Crippen LogP contribution in [0.15, 0.2) is 54.7 Å². The Balaban J connectivity index is 1.56. The summed E-state index contributed by atoms with van der Waals surface area (Å²) >= 11 is 0. The zero-order valence-corrected chi connectivity index (χ0v) is 16.4. The molecule has 1 aromatic heterocycles. The van der Waals surface area contributed by atoms with E-state index in [-0.39, 0.29) is 12.5 Å². The van der Waals surface area contributed by atoms with Gasteiger partial charge < -0.3 is 19.9 Å². The molecule has 6 nitrogen and oxygen atoms in total. The van der Waals surface area contributed by atoms with Gasteiger partial charge in [-0.05, 0) is 51.1 Å². The highest BCUT2D eigenvalue weighted by Gasteiger charge is 2.15. The number of ether oxygens (including phenoxy) is 1. The highest BCUT2D eigenvalue weighted by atomic mass is 16.5. The van der Waals surface area contributed by atoms with Crippen LogP contribution in [0.2, 0.25) is 0 Å². The Morgan fingerprint density at radius 3 is 2.50 bits per heavy atom. The molecule has 0 fully saturated rings. The number of aromatic amines is 1. The van der Waals surface area contributed by atoms with Gasteiger partial charge in [0.25, 0.3) is 5.91 Å². The first-order valence-electron chi connectivity index (χ1n) is 9.39. The number of carbonyl (C=O) groups is 2. The van der Waals surface area contributed by atoms with Crippen LogP contribution in [-0.2, 0) is 9.53 Å². The highest BCUT2D eigenvalue weighted by molar-refractivity contribution is 6.05. The van der Waals surface area contributed by atoms with E-state index in [9.17, 15) is 9.59 Å². The predicted molar refractivity (Wildman–Crippen MR) is 112 cm³/mol. The van der Waals surface area contributed by atoms with Crippen LogP contribution in [0.5, 0.6) is 0 Å². The Morgan fingerprint density at radius 1 is 1.11 bits per heavy atom. The van der Waals surface area contributed by atoms with Crippen molar-refractivity contribution in [3.05, 3.63) is 60.3 Å². The number of H-pyrrole nitrogens is 1. The second kappa shape index (κ2) is 8.61. The second-order valence-corrected chi connectivity index (χ2v) is 6.80. The molecule has 0 saturated carbocycles. The average Bonchev–Trinajstić information content (AvgIpc) is 3.12. The van der Waals surface area contributed by atoms with Gasteiger partial charge in [-0.25, -0.2) is 4.79 Å². The molecule has 0 radical (unpaired) electrons. The van der Waals surface area contributed by atoms with Crippen molar-refractivity contribution in [3.63, 3.8) is 0 Å². The number of para-hydroxylation sites is 1. The number of nitrogens with one attached hydrogen (secondary N) is 2. The minimum absolute atomic E-state index is 0.340. The summed E-state index contributed by atoms with van der Waals surface area (Å²) in [6.07, 6.45) is 1.60. The molecule has 3 aromatic rings. The zero-order valence-electron chi connectivity index (χ0n) is 16.4. The standard InChI is InChI=1S/C22H25N3O3/c1-4-25(15(2)3)17-11-9-16(10-12-17)24-21(26)14-28-22(27)19-13-23-20-8-6-5-7-18(19)20/h5-13,15,23H,4,14H2,1-3H3,(H,24,26). The first-order valence-corrected chi connectivity index (χ1v) is 9.39. The van der Waals surface area contributed by atoms with E-state index < -0.39 is 5.97 Å². The lowest BCUT2D eigenvalue weighted by molar-refractivity contribution is -0.119. The van der Waals surface area contributed by atoms with Gasteiger partial charge in [-0.3, -0.25) is 4.79 Å². The minimum atomic E-state index is -0.529. The van der Waals surface area contributed by atoms with Crippen LogP contribution in [0.3, 0.4) is 0 Å². The van der Waals surface area contributed by atoms with Gasteiger partial charge in [-0.1, -0.05) is 18.2 Å². The third kappa shape index (κ3) is 4.34. The fourth-order valence-electron chi connectivity index (χ4n) is 3.23. The van der Waals surface area contributed by atoms with Gasteiger partial charge in [0.05, 0.1) is 5.56 Å². The summed E-state index contributed by atoms with van der Waals surface area (Å²) in [6, 6.07) is 15.5. The van der Waals surface area contributed by atoms with Crippen molar-refractivity contribution in [3.8, 4) is 0 Å². The van der Waals surface area contributed by atoms with Crippen molar-refractivity contribution < 1.29 is 14.3 Å². The van der Waals surface area contributed by atoms with Crippen molar-refractivity contribution >= 4 is 34.2 Å². The minimum Gasteiger partial charge on any atom is -0.452 e. The SMILES string of the molecule is CCN(c1ccc(NC(=O)COC(=O)c2c[nH]c3ccccc23)cc1)C(C)C. The van der Waals surface area contributed by atoms with Crippen molar-refractivity contribution in [2.24, 2.45) is 0 Å². The molecule has 6 heteroatoms. The summed E-state index contributed by atoms with van der Waals surface area (Å²) in [4.78, 5) is 29.7. The number of amides is 1. The molecule has 2 aromatic carbocycles. The number of aromatic nitrogens is 1. The summed E-state index contributed by atoms with van der Waals surface area (Å²) in [5.74, 6) is -0.907. The van der Waals surface area contributed by atoms with Gasteiger partial charge in [-0.15, -0.1) is 0 Å². The Kier molecular flexibility index (Phi) is 5.99. The summed E-state index contributed by atoms with van der Waals surface area (Å²) in [6.45, 7) is 6.96. The quantitative estimate of drug-likeness (QED) is 0.604. The molecular formula is C22H25N3O3. The predicted octanol–water partition coefficient (Wildman–Crippen LogP) is 4.20. The molecule has 0 bridgehead atoms. The van der Waals surface area contributed by atoms with E-state index >= 15 is 0 Å². The van der Waals surface area contributed by atoms with Gasteiger partial charge >= 0.3 is 5.97 Å². The molecule has 0 unspecified atom stereocenters. The van der Waals surface area contributed by atoms with E-state index in [1.807, 2.05) is 48.5 Å². The fourth-order valence-corrected chi connectivity index (χ4v) is 3.23. The number of benzene rings is 2. The van der Waals surface area contributed by atoms with Crippen LogP contribution in [0.1, 0.15) is 31.1 Å². The van der Waals surface area contributed by atoms with E-state index in [2.05, 4.69) is 36.0 Å². The molecule has 1 amide bonds. The number of rotatable bonds is 7. The zero-order chi connectivity index (χ0) is 20.1. The van der Waals surface area contributed by atoms with Crippen LogP contribution in [0.4, 0.5) is 11.4 Å². The third-order valence-corrected chi connectivity index (χ3v) is 4.59. The molecule has 2 N–H and O–H groups in total. The lowest BCUT2D eigenvalue weighted by atomic mass is 10.2. The van der Waals surface area contributed by atoms with Gasteiger partial charge in [0.2, 0.25) is 0 Å². The lowest BCUT2D eigenvalue weighted by Gasteiger charge is -2.27. The van der Waals surface area contributed by atoms with E-state index in [1.165, 1.54) is 0 Å². The van der Waals surface area contributed by atoms with Crippen molar-refractivity contribution in [1.29, 1.82) is 0 Å². The number of hydrogen-bond acceptors (Lipinski definition) is 4. The number of esters is 1. The normalized spacial score (nSPS) is 10.9. The number of carbonyl (C=O) groups excluding carboxylic acids is 2. The third-order valence-electron chi connectivity index (χ3n) is 4.59. The lowest BCUT2D eigenvalue weighted by Crippen LogP contribution is -2.30. The number of anilines is 2. The molecule has 0 spiro atoms. The van der Waals surface area contributed by atoms with Crippen molar-refractivity contribution in [2.45, 2.75) is 26.8 Å². The van der Waals surface area contributed by atoms with Crippen molar-refractivity contribution in [1.82, 2.24) is 4.98 Å². The summed E-state index contributed by atoms with van der Waals surface area (Å²) < 4.78 is 5.16. The number of hydrogen-bond donors (Lipinski definition) is 2. The molecule has 28 heavy (non-hydrogen) atoms. The first-order chi connectivity index (χ1) is 13.5. The molecule has 0 aliphatic carbocycles. The number of fused-ring (bicyclic) bond motifs is 1. The molecule has 0 aliphatic heterocycles. The van der Waals surface area contributed by atoms with Gasteiger partial charge in [-0.2, -0.15) is 0 Å². The van der Waals surface area contributed by atoms with Crippen LogP contribution in [-0.4, -0.2) is 36.1 Å². The van der Waals surface area contributed by atoms with Crippen LogP contribution < -0.4 is 10.2 Å². The highest BCUT2D eigenvalue weighted by Crippen LogP contribution is 2.20. The van der Waals surface area contributed by atoms with Gasteiger partial charge in [0.15, 0.2) is 6.61 Å². The Bertz CT molecular complexity index is 961. The Hall–Kier alpha value is -3.28. The van der Waals surface area contributed by atoms with E-state index in [0.29, 0.717) is 17.3 Å².